The van der Waals surface area contributed by atoms with Crippen molar-refractivity contribution in [1.29, 1.82) is 0 Å². The van der Waals surface area contributed by atoms with Crippen LogP contribution in [-0.4, -0.2) is 24.4 Å². The number of hydrogen-bond acceptors (Lipinski definition) is 3. The lowest BCUT2D eigenvalue weighted by Gasteiger charge is -2.22. The number of benzene rings is 3. The third-order valence-electron chi connectivity index (χ3n) is 5.93. The minimum Gasteiger partial charge on any atom is -0.388 e. The van der Waals surface area contributed by atoms with Crippen molar-refractivity contribution in [2.75, 3.05) is 18.9 Å². The predicted molar refractivity (Wildman–Crippen MR) is 134 cm³/mol. The van der Waals surface area contributed by atoms with Gasteiger partial charge in [0, 0.05) is 39.9 Å². The SMILES string of the molecule is CNc1ccc(C(=O)N2CCCc3ccc(-c4cc5ccccc5s4)cc3C2)c(Br)c1. The highest BCUT2D eigenvalue weighted by molar-refractivity contribution is 9.10. The van der Waals surface area contributed by atoms with Gasteiger partial charge in [0.2, 0.25) is 0 Å². The molecule has 5 rings (SSSR count). The molecule has 0 fully saturated rings. The summed E-state index contributed by atoms with van der Waals surface area (Å²) < 4.78 is 2.13. The molecule has 5 heteroatoms. The van der Waals surface area contributed by atoms with Gasteiger partial charge < -0.3 is 10.2 Å². The Balaban J connectivity index is 1.45. The van der Waals surface area contributed by atoms with Crippen molar-refractivity contribution in [2.24, 2.45) is 0 Å². The molecule has 0 bridgehead atoms. The van der Waals surface area contributed by atoms with Crippen molar-refractivity contribution < 1.29 is 4.79 Å². The second kappa shape index (κ2) is 8.48. The zero-order valence-electron chi connectivity index (χ0n) is 17.3. The summed E-state index contributed by atoms with van der Waals surface area (Å²) in [7, 11) is 1.88. The molecule has 0 spiro atoms. The van der Waals surface area contributed by atoms with Gasteiger partial charge in [-0.3, -0.25) is 4.79 Å². The van der Waals surface area contributed by atoms with Crippen LogP contribution < -0.4 is 5.32 Å². The molecule has 0 saturated heterocycles. The number of carbonyl (C=O) groups excluding carboxylic acids is 1. The normalized spacial score (nSPS) is 13.7. The van der Waals surface area contributed by atoms with Gasteiger partial charge in [0.1, 0.15) is 0 Å². The van der Waals surface area contributed by atoms with E-state index in [2.05, 4.69) is 69.8 Å². The average Bonchev–Trinajstić information content (AvgIpc) is 3.11. The molecule has 2 heterocycles. The molecular weight excluding hydrogens is 468 g/mol. The summed E-state index contributed by atoms with van der Waals surface area (Å²) in [4.78, 5) is 16.6. The molecule has 1 N–H and O–H groups in total. The number of anilines is 1. The number of rotatable bonds is 3. The molecule has 3 aromatic carbocycles. The lowest BCUT2D eigenvalue weighted by molar-refractivity contribution is 0.0745. The fraction of sp³-hybridized carbons (Fsp3) is 0.192. The van der Waals surface area contributed by atoms with E-state index in [1.54, 1.807) is 0 Å². The number of nitrogens with one attached hydrogen (secondary N) is 1. The van der Waals surface area contributed by atoms with Gasteiger partial charge in [0.05, 0.1) is 5.56 Å². The molecule has 0 unspecified atom stereocenters. The van der Waals surface area contributed by atoms with Gasteiger partial charge >= 0.3 is 0 Å². The van der Waals surface area contributed by atoms with Crippen LogP contribution in [0.15, 0.2) is 71.2 Å². The number of hydrogen-bond donors (Lipinski definition) is 1. The molecule has 31 heavy (non-hydrogen) atoms. The van der Waals surface area contributed by atoms with Crippen LogP contribution >= 0.6 is 27.3 Å². The highest BCUT2D eigenvalue weighted by atomic mass is 79.9. The zero-order chi connectivity index (χ0) is 21.4. The van der Waals surface area contributed by atoms with Crippen molar-refractivity contribution in [1.82, 2.24) is 4.90 Å². The lowest BCUT2D eigenvalue weighted by atomic mass is 10.0. The van der Waals surface area contributed by atoms with Crippen LogP contribution in [0.25, 0.3) is 20.5 Å². The number of nitrogens with zero attached hydrogens (tertiary/aromatic N) is 1. The average molecular weight is 491 g/mol. The minimum atomic E-state index is 0.0784. The Bertz CT molecular complexity index is 1250. The van der Waals surface area contributed by atoms with E-state index < -0.39 is 0 Å². The van der Waals surface area contributed by atoms with Gasteiger partial charge in [-0.15, -0.1) is 11.3 Å². The zero-order valence-corrected chi connectivity index (χ0v) is 19.7. The summed E-state index contributed by atoms with van der Waals surface area (Å²) in [5, 5.41) is 4.40. The maximum Gasteiger partial charge on any atom is 0.255 e. The van der Waals surface area contributed by atoms with Gasteiger partial charge in [-0.2, -0.15) is 0 Å². The molecule has 1 aromatic heterocycles. The maximum absolute atomic E-state index is 13.3. The van der Waals surface area contributed by atoms with E-state index in [-0.39, 0.29) is 5.91 Å². The molecule has 1 amide bonds. The van der Waals surface area contributed by atoms with Gasteiger partial charge in [-0.25, -0.2) is 0 Å². The maximum atomic E-state index is 13.3. The Morgan fingerprint density at radius 2 is 1.90 bits per heavy atom. The monoisotopic (exact) mass is 490 g/mol. The Kier molecular flexibility index (Phi) is 5.55. The first-order valence-electron chi connectivity index (χ1n) is 10.5. The molecule has 0 saturated carbocycles. The first kappa shape index (κ1) is 20.3. The highest BCUT2D eigenvalue weighted by Gasteiger charge is 2.22. The van der Waals surface area contributed by atoms with Crippen molar-refractivity contribution in [3.8, 4) is 10.4 Å². The predicted octanol–water partition coefficient (Wildman–Crippen LogP) is 6.96. The fourth-order valence-corrected chi connectivity index (χ4v) is 5.83. The number of fused-ring (bicyclic) bond motifs is 2. The summed E-state index contributed by atoms with van der Waals surface area (Å²) in [6.07, 6.45) is 1.98. The van der Waals surface area contributed by atoms with E-state index in [0.29, 0.717) is 12.1 Å². The van der Waals surface area contributed by atoms with E-state index in [1.165, 1.54) is 31.7 Å². The summed E-state index contributed by atoms with van der Waals surface area (Å²) in [6, 6.07) is 23.3. The molecule has 1 aliphatic heterocycles. The van der Waals surface area contributed by atoms with Crippen LogP contribution in [0.2, 0.25) is 0 Å². The second-order valence-electron chi connectivity index (χ2n) is 7.91. The smallest absolute Gasteiger partial charge is 0.255 e. The molecule has 4 aromatic rings. The fourth-order valence-electron chi connectivity index (χ4n) is 4.23. The number of thiophene rings is 1. The topological polar surface area (TPSA) is 32.3 Å². The standard InChI is InChI=1S/C26H23BrN2OS/c1-28-21-10-11-22(23(27)15-21)26(30)29-12-4-6-17-8-9-19(13-20(17)16-29)25-14-18-5-2-3-7-24(18)31-25/h2-3,5,7-11,13-15,28H,4,6,12,16H2,1H3. The summed E-state index contributed by atoms with van der Waals surface area (Å²) in [5.74, 6) is 0.0784. The van der Waals surface area contributed by atoms with Crippen LogP contribution in [-0.2, 0) is 13.0 Å². The number of halogens is 1. The van der Waals surface area contributed by atoms with E-state index in [4.69, 9.17) is 0 Å². The quantitative estimate of drug-likeness (QED) is 0.336. The van der Waals surface area contributed by atoms with Crippen LogP contribution in [0, 0.1) is 0 Å². The molecule has 3 nitrogen and oxygen atoms in total. The summed E-state index contributed by atoms with van der Waals surface area (Å²) >= 11 is 5.40. The van der Waals surface area contributed by atoms with Gasteiger partial charge in [0.15, 0.2) is 0 Å². The molecular formula is C26H23BrN2OS. The number of amides is 1. The van der Waals surface area contributed by atoms with E-state index in [0.717, 1.165) is 29.5 Å². The Morgan fingerprint density at radius 3 is 2.71 bits per heavy atom. The molecule has 0 aliphatic carbocycles. The van der Waals surface area contributed by atoms with Crippen LogP contribution in [0.1, 0.15) is 27.9 Å². The van der Waals surface area contributed by atoms with E-state index in [9.17, 15) is 4.79 Å². The number of aryl methyl sites for hydroxylation is 1. The van der Waals surface area contributed by atoms with Crippen molar-refractivity contribution in [2.45, 2.75) is 19.4 Å². The molecule has 156 valence electrons. The van der Waals surface area contributed by atoms with Gasteiger partial charge in [-0.05, 0) is 87.2 Å². The van der Waals surface area contributed by atoms with Gasteiger partial charge in [0.25, 0.3) is 5.91 Å². The summed E-state index contributed by atoms with van der Waals surface area (Å²) in [5.41, 5.74) is 5.53. The molecule has 0 atom stereocenters. The summed E-state index contributed by atoms with van der Waals surface area (Å²) in [6.45, 7) is 1.42. The minimum absolute atomic E-state index is 0.0784. The van der Waals surface area contributed by atoms with Crippen LogP contribution in [0.4, 0.5) is 5.69 Å². The first-order chi connectivity index (χ1) is 15.1. The van der Waals surface area contributed by atoms with Crippen molar-refractivity contribution in [3.63, 3.8) is 0 Å². The Hall–Kier alpha value is -2.63. The van der Waals surface area contributed by atoms with Crippen LogP contribution in [0.5, 0.6) is 0 Å². The van der Waals surface area contributed by atoms with E-state index >= 15 is 0 Å². The molecule has 0 radical (unpaired) electrons. The molecule has 1 aliphatic rings. The first-order valence-corrected chi connectivity index (χ1v) is 12.1. The van der Waals surface area contributed by atoms with Crippen LogP contribution in [0.3, 0.4) is 0 Å². The van der Waals surface area contributed by atoms with Crippen molar-refractivity contribution in [3.05, 3.63) is 87.9 Å². The largest absolute Gasteiger partial charge is 0.388 e. The number of carbonyl (C=O) groups is 1. The third kappa shape index (κ3) is 4.00. The third-order valence-corrected chi connectivity index (χ3v) is 7.75. The lowest BCUT2D eigenvalue weighted by Crippen LogP contribution is -2.31. The van der Waals surface area contributed by atoms with Gasteiger partial charge in [-0.1, -0.05) is 30.3 Å². The highest BCUT2D eigenvalue weighted by Crippen LogP contribution is 2.35. The van der Waals surface area contributed by atoms with E-state index in [1.807, 2.05) is 41.5 Å². The Morgan fingerprint density at radius 1 is 1.03 bits per heavy atom. The second-order valence-corrected chi connectivity index (χ2v) is 9.84. The Labute approximate surface area is 194 Å². The van der Waals surface area contributed by atoms with Crippen molar-refractivity contribution >= 4 is 48.9 Å².